The molecule has 12 heavy (non-hydrogen) atoms. The fourth-order valence-electron chi connectivity index (χ4n) is 0.797. The van der Waals surface area contributed by atoms with Gasteiger partial charge in [0.15, 0.2) is 5.13 Å². The number of halogens is 1. The first-order valence-electron chi connectivity index (χ1n) is 3.71. The van der Waals surface area contributed by atoms with Crippen LogP contribution in [0.4, 0.5) is 5.13 Å². The lowest BCUT2D eigenvalue weighted by atomic mass is 10.2. The molecule has 1 aromatic heterocycles. The van der Waals surface area contributed by atoms with E-state index in [2.05, 4.69) is 26.2 Å². The monoisotopic (exact) mass is 250 g/mol. The number of hydrogen-bond donors (Lipinski definition) is 2. The first kappa shape index (κ1) is 9.95. The van der Waals surface area contributed by atoms with Crippen molar-refractivity contribution in [1.29, 1.82) is 0 Å². The minimum absolute atomic E-state index is 0.209. The van der Waals surface area contributed by atoms with Crippen molar-refractivity contribution in [1.82, 2.24) is 4.98 Å². The van der Waals surface area contributed by atoms with E-state index in [1.165, 1.54) is 0 Å². The van der Waals surface area contributed by atoms with Gasteiger partial charge in [-0.1, -0.05) is 0 Å². The molecule has 1 unspecified atom stereocenters. The molecule has 1 atom stereocenters. The number of aromatic nitrogens is 1. The number of nitrogens with zero attached hydrogens (tertiary/aromatic N) is 1. The molecule has 1 heterocycles. The smallest absolute Gasteiger partial charge is 0.183 e. The van der Waals surface area contributed by atoms with E-state index in [0.717, 1.165) is 16.2 Å². The van der Waals surface area contributed by atoms with Crippen molar-refractivity contribution in [3.63, 3.8) is 0 Å². The molecule has 68 valence electrons. The molecular weight excluding hydrogens is 240 g/mol. The van der Waals surface area contributed by atoms with Gasteiger partial charge >= 0.3 is 0 Å². The topological polar surface area (TPSA) is 45.1 Å². The first-order chi connectivity index (χ1) is 5.72. The zero-order chi connectivity index (χ0) is 8.97. The standard InChI is InChI=1S/C7H11BrN2OS/c1-5(2-3-11)9-7-10-6(8)4-12-7/h4-5,11H,2-3H2,1H3,(H,9,10). The molecule has 0 bridgehead atoms. The molecule has 1 rings (SSSR count). The van der Waals surface area contributed by atoms with Crippen LogP contribution in [0.15, 0.2) is 9.98 Å². The third-order valence-corrected chi connectivity index (χ3v) is 2.89. The normalized spacial score (nSPS) is 12.9. The van der Waals surface area contributed by atoms with Gasteiger partial charge in [0, 0.05) is 18.0 Å². The fourth-order valence-corrected chi connectivity index (χ4v) is 2.05. The number of thiazole rings is 1. The van der Waals surface area contributed by atoms with E-state index in [4.69, 9.17) is 5.11 Å². The predicted molar refractivity (Wildman–Crippen MR) is 54.6 cm³/mol. The first-order valence-corrected chi connectivity index (χ1v) is 5.38. The summed E-state index contributed by atoms with van der Waals surface area (Å²) in [5, 5.41) is 14.7. The molecule has 0 spiro atoms. The molecule has 0 saturated carbocycles. The van der Waals surface area contributed by atoms with Crippen LogP contribution in [0, 0.1) is 0 Å². The van der Waals surface area contributed by atoms with E-state index in [9.17, 15) is 0 Å². The molecule has 0 radical (unpaired) electrons. The molecule has 0 amide bonds. The Bertz CT molecular complexity index is 241. The summed E-state index contributed by atoms with van der Waals surface area (Å²) < 4.78 is 0.853. The highest BCUT2D eigenvalue weighted by atomic mass is 79.9. The van der Waals surface area contributed by atoms with Crippen LogP contribution in [0.5, 0.6) is 0 Å². The van der Waals surface area contributed by atoms with Gasteiger partial charge in [-0.2, -0.15) is 0 Å². The molecule has 0 fully saturated rings. The second-order valence-electron chi connectivity index (χ2n) is 2.53. The van der Waals surface area contributed by atoms with Gasteiger partial charge in [0.05, 0.1) is 0 Å². The molecule has 0 aromatic carbocycles. The number of aliphatic hydroxyl groups excluding tert-OH is 1. The van der Waals surface area contributed by atoms with Gasteiger partial charge < -0.3 is 10.4 Å². The number of hydrogen-bond acceptors (Lipinski definition) is 4. The van der Waals surface area contributed by atoms with Crippen molar-refractivity contribution in [2.75, 3.05) is 11.9 Å². The molecule has 0 saturated heterocycles. The number of rotatable bonds is 4. The Morgan fingerprint density at radius 1 is 1.83 bits per heavy atom. The molecule has 5 heteroatoms. The van der Waals surface area contributed by atoms with Gasteiger partial charge in [0.25, 0.3) is 0 Å². The summed E-state index contributed by atoms with van der Waals surface area (Å²) in [5.74, 6) is 0. The average Bonchev–Trinajstić information content (AvgIpc) is 2.36. The van der Waals surface area contributed by atoms with Gasteiger partial charge in [-0.05, 0) is 29.3 Å². The number of anilines is 1. The van der Waals surface area contributed by atoms with Crippen LogP contribution in [0.3, 0.4) is 0 Å². The molecule has 2 N–H and O–H groups in total. The highest BCUT2D eigenvalue weighted by Crippen LogP contribution is 2.20. The Hall–Kier alpha value is -0.130. The summed E-state index contributed by atoms with van der Waals surface area (Å²) in [6.45, 7) is 2.23. The van der Waals surface area contributed by atoms with E-state index in [-0.39, 0.29) is 12.6 Å². The van der Waals surface area contributed by atoms with E-state index < -0.39 is 0 Å². The maximum atomic E-state index is 8.65. The summed E-state index contributed by atoms with van der Waals surface area (Å²) in [6, 6.07) is 0.271. The Balaban J connectivity index is 2.41. The lowest BCUT2D eigenvalue weighted by Crippen LogP contribution is -2.16. The van der Waals surface area contributed by atoms with Crippen LogP contribution in [0.1, 0.15) is 13.3 Å². The lowest BCUT2D eigenvalue weighted by Gasteiger charge is -2.09. The van der Waals surface area contributed by atoms with Crippen LogP contribution in [0.25, 0.3) is 0 Å². The van der Waals surface area contributed by atoms with Gasteiger partial charge in [0.1, 0.15) is 4.60 Å². The van der Waals surface area contributed by atoms with Crippen LogP contribution in [-0.4, -0.2) is 22.7 Å². The Labute approximate surface area is 84.0 Å². The summed E-state index contributed by atoms with van der Waals surface area (Å²) >= 11 is 4.82. The summed E-state index contributed by atoms with van der Waals surface area (Å²) in [4.78, 5) is 4.18. The third-order valence-electron chi connectivity index (χ3n) is 1.41. The van der Waals surface area contributed by atoms with Crippen LogP contribution in [0.2, 0.25) is 0 Å². The maximum absolute atomic E-state index is 8.65. The summed E-state index contributed by atoms with van der Waals surface area (Å²) in [7, 11) is 0. The lowest BCUT2D eigenvalue weighted by molar-refractivity contribution is 0.282. The van der Waals surface area contributed by atoms with E-state index >= 15 is 0 Å². The molecule has 0 aliphatic heterocycles. The summed E-state index contributed by atoms with van der Waals surface area (Å²) in [6.07, 6.45) is 0.747. The maximum Gasteiger partial charge on any atom is 0.183 e. The molecular formula is C7H11BrN2OS. The summed E-state index contributed by atoms with van der Waals surface area (Å²) in [5.41, 5.74) is 0. The van der Waals surface area contributed by atoms with Gasteiger partial charge in [-0.3, -0.25) is 0 Å². The van der Waals surface area contributed by atoms with Crippen molar-refractivity contribution in [3.05, 3.63) is 9.98 Å². The second kappa shape index (κ2) is 4.79. The Morgan fingerprint density at radius 3 is 3.08 bits per heavy atom. The highest BCUT2D eigenvalue weighted by Gasteiger charge is 2.03. The SMILES string of the molecule is CC(CCO)Nc1nc(Br)cs1. The predicted octanol–water partition coefficient (Wildman–Crippen LogP) is 2.09. The molecule has 1 aromatic rings. The van der Waals surface area contributed by atoms with Gasteiger partial charge in [0.2, 0.25) is 0 Å². The fraction of sp³-hybridized carbons (Fsp3) is 0.571. The van der Waals surface area contributed by atoms with Crippen molar-refractivity contribution < 1.29 is 5.11 Å². The third kappa shape index (κ3) is 3.08. The van der Waals surface area contributed by atoms with Gasteiger partial charge in [-0.15, -0.1) is 11.3 Å². The van der Waals surface area contributed by atoms with Gasteiger partial charge in [-0.25, -0.2) is 4.98 Å². The highest BCUT2D eigenvalue weighted by molar-refractivity contribution is 9.10. The van der Waals surface area contributed by atoms with Crippen LogP contribution in [-0.2, 0) is 0 Å². The zero-order valence-corrected chi connectivity index (χ0v) is 9.15. The molecule has 3 nitrogen and oxygen atoms in total. The Morgan fingerprint density at radius 2 is 2.58 bits per heavy atom. The van der Waals surface area contributed by atoms with E-state index in [1.54, 1.807) is 11.3 Å². The average molecular weight is 251 g/mol. The quantitative estimate of drug-likeness (QED) is 0.861. The number of aliphatic hydroxyl groups is 1. The molecule has 0 aliphatic rings. The Kier molecular flexibility index (Phi) is 3.97. The largest absolute Gasteiger partial charge is 0.396 e. The number of nitrogens with one attached hydrogen (secondary N) is 1. The van der Waals surface area contributed by atoms with Crippen molar-refractivity contribution in [2.24, 2.45) is 0 Å². The second-order valence-corrected chi connectivity index (χ2v) is 4.20. The van der Waals surface area contributed by atoms with Crippen molar-refractivity contribution >= 4 is 32.4 Å². The zero-order valence-electron chi connectivity index (χ0n) is 6.75. The minimum Gasteiger partial charge on any atom is -0.396 e. The van der Waals surface area contributed by atoms with E-state index in [1.807, 2.05) is 12.3 Å². The van der Waals surface area contributed by atoms with Crippen molar-refractivity contribution in [2.45, 2.75) is 19.4 Å². The van der Waals surface area contributed by atoms with Crippen LogP contribution >= 0.6 is 27.3 Å². The molecule has 0 aliphatic carbocycles. The van der Waals surface area contributed by atoms with Crippen molar-refractivity contribution in [3.8, 4) is 0 Å². The van der Waals surface area contributed by atoms with E-state index in [0.29, 0.717) is 0 Å². The minimum atomic E-state index is 0.209. The van der Waals surface area contributed by atoms with Crippen LogP contribution < -0.4 is 5.32 Å².